The average Bonchev–Trinajstić information content (AvgIpc) is 2.61. The molecule has 8 heteroatoms. The first-order valence-electron chi connectivity index (χ1n) is 7.61. The van der Waals surface area contributed by atoms with E-state index in [2.05, 4.69) is 9.71 Å². The van der Waals surface area contributed by atoms with Crippen LogP contribution in [0.5, 0.6) is 0 Å². The molecule has 6 nitrogen and oxygen atoms in total. The van der Waals surface area contributed by atoms with E-state index >= 15 is 0 Å². The molecule has 0 fully saturated rings. The third-order valence-corrected chi connectivity index (χ3v) is 5.45. The molecule has 0 amide bonds. The summed E-state index contributed by atoms with van der Waals surface area (Å²) in [6.07, 6.45) is 1.37. The second kappa shape index (κ2) is 7.35. The van der Waals surface area contributed by atoms with Crippen LogP contribution in [0.1, 0.15) is 5.56 Å². The van der Waals surface area contributed by atoms with Crippen LogP contribution in [0.3, 0.4) is 0 Å². The van der Waals surface area contributed by atoms with Crippen LogP contribution in [0.25, 0.3) is 10.9 Å². The van der Waals surface area contributed by atoms with Gasteiger partial charge in [-0.05, 0) is 23.8 Å². The highest BCUT2D eigenvalue weighted by Gasteiger charge is 2.12. The number of sulfonamides is 1. The summed E-state index contributed by atoms with van der Waals surface area (Å²) in [7, 11) is -3.56. The second-order valence-electron chi connectivity index (χ2n) is 5.49. The van der Waals surface area contributed by atoms with Gasteiger partial charge >= 0.3 is 0 Å². The largest absolute Gasteiger partial charge is 0.298 e. The van der Waals surface area contributed by atoms with Gasteiger partial charge in [0.2, 0.25) is 10.0 Å². The molecule has 25 heavy (non-hydrogen) atoms. The van der Waals surface area contributed by atoms with Crippen molar-refractivity contribution in [1.82, 2.24) is 14.3 Å². The standard InChI is InChI=1S/C17H16ClN3O3S/c18-15-7-3-1-5-13(15)11-20-25(23,24)10-9-21-12-19-16-8-4-2-6-14(16)17(21)22/h1-8,12,20H,9-11H2. The monoisotopic (exact) mass is 377 g/mol. The van der Waals surface area contributed by atoms with E-state index in [1.54, 1.807) is 48.5 Å². The van der Waals surface area contributed by atoms with Gasteiger partial charge in [-0.3, -0.25) is 9.36 Å². The Morgan fingerprint density at radius 2 is 1.80 bits per heavy atom. The fourth-order valence-corrected chi connectivity index (χ4v) is 3.54. The quantitative estimate of drug-likeness (QED) is 0.713. The predicted octanol–water partition coefficient (Wildman–Crippen LogP) is 2.17. The highest BCUT2D eigenvalue weighted by Crippen LogP contribution is 2.14. The van der Waals surface area contributed by atoms with Gasteiger partial charge in [0, 0.05) is 18.1 Å². The SMILES string of the molecule is O=c1c2ccccc2ncn1CCS(=O)(=O)NCc1ccccc1Cl. The average molecular weight is 378 g/mol. The van der Waals surface area contributed by atoms with Crippen molar-refractivity contribution in [1.29, 1.82) is 0 Å². The van der Waals surface area contributed by atoms with Crippen molar-refractivity contribution < 1.29 is 8.42 Å². The van der Waals surface area contributed by atoms with E-state index in [0.717, 1.165) is 0 Å². The van der Waals surface area contributed by atoms with Crippen LogP contribution >= 0.6 is 11.6 Å². The van der Waals surface area contributed by atoms with Gasteiger partial charge in [-0.15, -0.1) is 0 Å². The number of hydrogen-bond donors (Lipinski definition) is 1. The molecule has 130 valence electrons. The van der Waals surface area contributed by atoms with Gasteiger partial charge in [0.15, 0.2) is 0 Å². The number of rotatable bonds is 6. The summed E-state index contributed by atoms with van der Waals surface area (Å²) in [5, 5.41) is 0.964. The van der Waals surface area contributed by atoms with E-state index in [-0.39, 0.29) is 24.4 Å². The van der Waals surface area contributed by atoms with Gasteiger partial charge in [0.05, 0.1) is 23.0 Å². The van der Waals surface area contributed by atoms with Gasteiger partial charge in [0.25, 0.3) is 5.56 Å². The summed E-state index contributed by atoms with van der Waals surface area (Å²) < 4.78 is 28.1. The minimum atomic E-state index is -3.56. The minimum Gasteiger partial charge on any atom is -0.298 e. The number of halogens is 1. The molecule has 0 aliphatic carbocycles. The minimum absolute atomic E-state index is 0.0223. The Morgan fingerprint density at radius 1 is 1.08 bits per heavy atom. The molecule has 0 saturated carbocycles. The lowest BCUT2D eigenvalue weighted by Crippen LogP contribution is -2.31. The normalized spacial score (nSPS) is 11.7. The Bertz CT molecular complexity index is 1060. The summed E-state index contributed by atoms with van der Waals surface area (Å²) in [6, 6.07) is 14.0. The van der Waals surface area contributed by atoms with Crippen LogP contribution in [0.4, 0.5) is 0 Å². The zero-order chi connectivity index (χ0) is 17.9. The first-order chi connectivity index (χ1) is 12.0. The molecule has 0 bridgehead atoms. The summed E-state index contributed by atoms with van der Waals surface area (Å²) >= 11 is 6.01. The third kappa shape index (κ3) is 4.25. The summed E-state index contributed by atoms with van der Waals surface area (Å²) in [5.74, 6) is -0.225. The Labute approximate surface area is 150 Å². The molecule has 1 aromatic heterocycles. The fourth-order valence-electron chi connectivity index (χ4n) is 2.39. The molecule has 0 aliphatic rings. The molecule has 2 aromatic carbocycles. The molecule has 0 spiro atoms. The smallest absolute Gasteiger partial charge is 0.261 e. The summed E-state index contributed by atoms with van der Waals surface area (Å²) in [4.78, 5) is 16.5. The van der Waals surface area contributed by atoms with Crippen molar-refractivity contribution in [2.45, 2.75) is 13.1 Å². The van der Waals surface area contributed by atoms with Crippen molar-refractivity contribution in [3.63, 3.8) is 0 Å². The topological polar surface area (TPSA) is 81.1 Å². The van der Waals surface area contributed by atoms with E-state index in [1.165, 1.54) is 10.9 Å². The maximum absolute atomic E-state index is 12.4. The van der Waals surface area contributed by atoms with Crippen LogP contribution in [-0.4, -0.2) is 23.7 Å². The first kappa shape index (κ1) is 17.6. The number of nitrogens with one attached hydrogen (secondary N) is 1. The highest BCUT2D eigenvalue weighted by atomic mass is 35.5. The number of hydrogen-bond acceptors (Lipinski definition) is 4. The molecule has 0 aliphatic heterocycles. The van der Waals surface area contributed by atoms with E-state index in [1.807, 2.05) is 0 Å². The molecule has 1 N–H and O–H groups in total. The van der Waals surface area contributed by atoms with Crippen molar-refractivity contribution in [2.24, 2.45) is 0 Å². The zero-order valence-corrected chi connectivity index (χ0v) is 14.8. The molecular weight excluding hydrogens is 362 g/mol. The Hall–Kier alpha value is -2.22. The van der Waals surface area contributed by atoms with E-state index in [4.69, 9.17) is 11.6 Å². The van der Waals surface area contributed by atoms with E-state index in [0.29, 0.717) is 21.5 Å². The van der Waals surface area contributed by atoms with Crippen molar-refractivity contribution in [3.8, 4) is 0 Å². The Kier molecular flexibility index (Phi) is 5.17. The summed E-state index contributed by atoms with van der Waals surface area (Å²) in [5.41, 5.74) is 1.02. The molecule has 0 saturated heterocycles. The van der Waals surface area contributed by atoms with Crippen LogP contribution < -0.4 is 10.3 Å². The zero-order valence-electron chi connectivity index (χ0n) is 13.2. The molecule has 0 atom stereocenters. The van der Waals surface area contributed by atoms with Gasteiger partial charge in [0.1, 0.15) is 0 Å². The molecule has 0 radical (unpaired) electrons. The van der Waals surface area contributed by atoms with Crippen LogP contribution in [0.2, 0.25) is 5.02 Å². The number of aromatic nitrogens is 2. The molecule has 3 aromatic rings. The van der Waals surface area contributed by atoms with Crippen molar-refractivity contribution in [2.75, 3.05) is 5.75 Å². The van der Waals surface area contributed by atoms with Crippen LogP contribution in [0.15, 0.2) is 59.7 Å². The fraction of sp³-hybridized carbons (Fsp3) is 0.176. The number of fused-ring (bicyclic) bond motifs is 1. The van der Waals surface area contributed by atoms with Crippen molar-refractivity contribution >= 4 is 32.5 Å². The van der Waals surface area contributed by atoms with Crippen LogP contribution in [-0.2, 0) is 23.1 Å². The maximum atomic E-state index is 12.4. The molecule has 3 rings (SSSR count). The number of nitrogens with zero attached hydrogens (tertiary/aromatic N) is 2. The Morgan fingerprint density at radius 3 is 2.60 bits per heavy atom. The number of para-hydroxylation sites is 1. The van der Waals surface area contributed by atoms with Crippen molar-refractivity contribution in [3.05, 3.63) is 75.8 Å². The lowest BCUT2D eigenvalue weighted by Gasteiger charge is -2.09. The maximum Gasteiger partial charge on any atom is 0.261 e. The van der Waals surface area contributed by atoms with E-state index in [9.17, 15) is 13.2 Å². The van der Waals surface area contributed by atoms with Gasteiger partial charge in [-0.2, -0.15) is 0 Å². The van der Waals surface area contributed by atoms with Gasteiger partial charge in [-0.25, -0.2) is 18.1 Å². The molecule has 0 unspecified atom stereocenters. The summed E-state index contributed by atoms with van der Waals surface area (Å²) in [6.45, 7) is 0.126. The number of benzene rings is 2. The van der Waals surface area contributed by atoms with E-state index < -0.39 is 10.0 Å². The predicted molar refractivity (Wildman–Crippen MR) is 98.1 cm³/mol. The highest BCUT2D eigenvalue weighted by molar-refractivity contribution is 7.89. The van der Waals surface area contributed by atoms with Crippen LogP contribution in [0, 0.1) is 0 Å². The Balaban J connectivity index is 1.69. The van der Waals surface area contributed by atoms with Gasteiger partial charge in [-0.1, -0.05) is 41.9 Å². The molecule has 1 heterocycles. The van der Waals surface area contributed by atoms with Gasteiger partial charge < -0.3 is 0 Å². The lowest BCUT2D eigenvalue weighted by atomic mass is 10.2. The first-order valence-corrected chi connectivity index (χ1v) is 9.64. The third-order valence-electron chi connectivity index (χ3n) is 3.77. The number of aryl methyl sites for hydroxylation is 1. The second-order valence-corrected chi connectivity index (χ2v) is 7.83. The lowest BCUT2D eigenvalue weighted by molar-refractivity contribution is 0.572. The molecular formula is C17H16ClN3O3S.